The monoisotopic (exact) mass is 481 g/mol. The standard InChI is InChI=1S/C20H39N3O2.HI/c1-4-25-18(17-8-5-6-9-17)10-14-22-19(21-2)23-16-20(11-7-12-20)13-15-24-3;/h17-18H,4-16H2,1-3H3,(H2,21,22,23);1H. The predicted octanol–water partition coefficient (Wildman–Crippen LogP) is 3.96. The summed E-state index contributed by atoms with van der Waals surface area (Å²) in [6, 6.07) is 0. The Morgan fingerprint density at radius 3 is 2.46 bits per heavy atom. The Hall–Kier alpha value is -0.0800. The molecule has 26 heavy (non-hydrogen) atoms. The molecule has 0 radical (unpaired) electrons. The third-order valence-corrected chi connectivity index (χ3v) is 6.13. The van der Waals surface area contributed by atoms with E-state index in [1.165, 1.54) is 44.9 Å². The Morgan fingerprint density at radius 1 is 1.19 bits per heavy atom. The number of halogens is 1. The fraction of sp³-hybridized carbons (Fsp3) is 0.950. The minimum absolute atomic E-state index is 0. The highest BCUT2D eigenvalue weighted by Crippen LogP contribution is 2.43. The van der Waals surface area contributed by atoms with Gasteiger partial charge in [0.05, 0.1) is 6.10 Å². The van der Waals surface area contributed by atoms with Gasteiger partial charge in [-0.05, 0) is 56.8 Å². The van der Waals surface area contributed by atoms with E-state index in [1.807, 2.05) is 7.05 Å². The summed E-state index contributed by atoms with van der Waals surface area (Å²) in [7, 11) is 3.65. The van der Waals surface area contributed by atoms with Gasteiger partial charge in [-0.1, -0.05) is 19.3 Å². The molecule has 2 saturated carbocycles. The van der Waals surface area contributed by atoms with Gasteiger partial charge in [0, 0.05) is 40.5 Å². The average Bonchev–Trinajstić information content (AvgIpc) is 3.12. The lowest BCUT2D eigenvalue weighted by Gasteiger charge is -2.42. The molecule has 2 N–H and O–H groups in total. The van der Waals surface area contributed by atoms with Crippen LogP contribution >= 0.6 is 24.0 Å². The average molecular weight is 481 g/mol. The van der Waals surface area contributed by atoms with Gasteiger partial charge in [0.25, 0.3) is 0 Å². The summed E-state index contributed by atoms with van der Waals surface area (Å²) >= 11 is 0. The number of guanidine groups is 1. The second-order valence-corrected chi connectivity index (χ2v) is 7.78. The van der Waals surface area contributed by atoms with Crippen molar-refractivity contribution >= 4 is 29.9 Å². The third-order valence-electron chi connectivity index (χ3n) is 6.13. The van der Waals surface area contributed by atoms with E-state index in [9.17, 15) is 0 Å². The van der Waals surface area contributed by atoms with Crippen molar-refractivity contribution in [3.63, 3.8) is 0 Å². The molecule has 0 heterocycles. The van der Waals surface area contributed by atoms with Gasteiger partial charge in [0.2, 0.25) is 0 Å². The van der Waals surface area contributed by atoms with Crippen molar-refractivity contribution in [2.45, 2.75) is 70.8 Å². The number of aliphatic imine (C=N–C) groups is 1. The van der Waals surface area contributed by atoms with Gasteiger partial charge in [0.15, 0.2) is 5.96 Å². The van der Waals surface area contributed by atoms with Crippen LogP contribution in [0, 0.1) is 11.3 Å². The van der Waals surface area contributed by atoms with Crippen molar-refractivity contribution in [1.29, 1.82) is 0 Å². The highest BCUT2D eigenvalue weighted by molar-refractivity contribution is 14.0. The maximum atomic E-state index is 6.01. The minimum atomic E-state index is 0. The summed E-state index contributed by atoms with van der Waals surface area (Å²) in [5, 5.41) is 7.03. The van der Waals surface area contributed by atoms with Crippen LogP contribution in [0.15, 0.2) is 4.99 Å². The van der Waals surface area contributed by atoms with Crippen LogP contribution in [-0.4, -0.2) is 52.5 Å². The second-order valence-electron chi connectivity index (χ2n) is 7.78. The second kappa shape index (κ2) is 13.2. The first-order chi connectivity index (χ1) is 12.2. The first-order valence-corrected chi connectivity index (χ1v) is 10.3. The van der Waals surface area contributed by atoms with Gasteiger partial charge in [-0.2, -0.15) is 0 Å². The summed E-state index contributed by atoms with van der Waals surface area (Å²) in [5.74, 6) is 1.68. The van der Waals surface area contributed by atoms with Crippen molar-refractivity contribution in [2.75, 3.05) is 40.5 Å². The fourth-order valence-corrected chi connectivity index (χ4v) is 4.33. The zero-order valence-corrected chi connectivity index (χ0v) is 19.3. The first-order valence-electron chi connectivity index (χ1n) is 10.3. The van der Waals surface area contributed by atoms with Crippen LogP contribution in [0.5, 0.6) is 0 Å². The van der Waals surface area contributed by atoms with Crippen LogP contribution in [0.4, 0.5) is 0 Å². The maximum Gasteiger partial charge on any atom is 0.190 e. The van der Waals surface area contributed by atoms with Gasteiger partial charge in [0.1, 0.15) is 0 Å². The molecule has 2 aliphatic rings. The molecule has 0 spiro atoms. The summed E-state index contributed by atoms with van der Waals surface area (Å²) in [6.45, 7) is 5.69. The van der Waals surface area contributed by atoms with Crippen LogP contribution < -0.4 is 10.6 Å². The lowest BCUT2D eigenvalue weighted by Crippen LogP contribution is -2.47. The lowest BCUT2D eigenvalue weighted by atomic mass is 9.67. The smallest absolute Gasteiger partial charge is 0.190 e. The molecule has 0 amide bonds. The van der Waals surface area contributed by atoms with Crippen molar-refractivity contribution in [3.05, 3.63) is 0 Å². The topological polar surface area (TPSA) is 54.9 Å². The molecule has 0 bridgehead atoms. The van der Waals surface area contributed by atoms with Gasteiger partial charge in [-0.15, -0.1) is 24.0 Å². The van der Waals surface area contributed by atoms with E-state index in [1.54, 1.807) is 7.11 Å². The quantitative estimate of drug-likeness (QED) is 0.267. The molecule has 2 rings (SSSR count). The summed E-state index contributed by atoms with van der Waals surface area (Å²) in [6.07, 6.45) is 12.0. The summed E-state index contributed by atoms with van der Waals surface area (Å²) < 4.78 is 11.3. The van der Waals surface area contributed by atoms with E-state index in [4.69, 9.17) is 9.47 Å². The number of nitrogens with zero attached hydrogens (tertiary/aromatic N) is 1. The van der Waals surface area contributed by atoms with Gasteiger partial charge in [-0.25, -0.2) is 0 Å². The van der Waals surface area contributed by atoms with Crippen LogP contribution in [-0.2, 0) is 9.47 Å². The number of nitrogens with one attached hydrogen (secondary N) is 2. The van der Waals surface area contributed by atoms with E-state index in [0.29, 0.717) is 11.5 Å². The number of hydrogen-bond donors (Lipinski definition) is 2. The van der Waals surface area contributed by atoms with Gasteiger partial charge >= 0.3 is 0 Å². The Bertz CT molecular complexity index is 397. The number of methoxy groups -OCH3 is 1. The Morgan fingerprint density at radius 2 is 1.92 bits per heavy atom. The van der Waals surface area contributed by atoms with Crippen LogP contribution in [0.2, 0.25) is 0 Å². The highest BCUT2D eigenvalue weighted by Gasteiger charge is 2.36. The van der Waals surface area contributed by atoms with E-state index in [-0.39, 0.29) is 24.0 Å². The predicted molar refractivity (Wildman–Crippen MR) is 120 cm³/mol. The maximum absolute atomic E-state index is 6.01. The number of ether oxygens (including phenoxy) is 2. The summed E-state index contributed by atoms with van der Waals surface area (Å²) in [4.78, 5) is 4.39. The number of hydrogen-bond acceptors (Lipinski definition) is 3. The van der Waals surface area contributed by atoms with Crippen molar-refractivity contribution < 1.29 is 9.47 Å². The van der Waals surface area contributed by atoms with Crippen molar-refractivity contribution in [1.82, 2.24) is 10.6 Å². The van der Waals surface area contributed by atoms with E-state index in [2.05, 4.69) is 22.5 Å². The van der Waals surface area contributed by atoms with Crippen molar-refractivity contribution in [3.8, 4) is 0 Å². The number of rotatable bonds is 11. The van der Waals surface area contributed by atoms with Crippen molar-refractivity contribution in [2.24, 2.45) is 16.3 Å². The molecule has 2 aliphatic carbocycles. The molecule has 1 atom stereocenters. The van der Waals surface area contributed by atoms with Crippen LogP contribution in [0.1, 0.15) is 64.7 Å². The molecule has 0 saturated heterocycles. The SMILES string of the molecule is CCOC(CCNC(=NC)NCC1(CCOC)CCC1)C1CCCC1.I. The Balaban J connectivity index is 0.00000338. The van der Waals surface area contributed by atoms with Gasteiger partial charge in [-0.3, -0.25) is 4.99 Å². The molecule has 1 unspecified atom stereocenters. The molecule has 5 nitrogen and oxygen atoms in total. The van der Waals surface area contributed by atoms with E-state index in [0.717, 1.165) is 51.0 Å². The zero-order chi connectivity index (χ0) is 18.0. The normalized spacial score (nSPS) is 21.0. The summed E-state index contributed by atoms with van der Waals surface area (Å²) in [5.41, 5.74) is 0.408. The van der Waals surface area contributed by atoms with Crippen LogP contribution in [0.3, 0.4) is 0 Å². The zero-order valence-electron chi connectivity index (χ0n) is 17.0. The Labute approximate surface area is 177 Å². The van der Waals surface area contributed by atoms with Crippen LogP contribution in [0.25, 0.3) is 0 Å². The fourth-order valence-electron chi connectivity index (χ4n) is 4.33. The first kappa shape index (κ1) is 24.0. The largest absolute Gasteiger partial charge is 0.385 e. The van der Waals surface area contributed by atoms with E-state index >= 15 is 0 Å². The molecular formula is C20H40IN3O2. The lowest BCUT2D eigenvalue weighted by molar-refractivity contribution is 0.0169. The molecule has 0 aromatic heterocycles. The van der Waals surface area contributed by atoms with Gasteiger partial charge < -0.3 is 20.1 Å². The third kappa shape index (κ3) is 7.50. The molecule has 6 heteroatoms. The van der Waals surface area contributed by atoms with E-state index < -0.39 is 0 Å². The molecule has 0 aromatic carbocycles. The molecule has 2 fully saturated rings. The minimum Gasteiger partial charge on any atom is -0.385 e. The molecule has 0 aliphatic heterocycles. The Kier molecular flexibility index (Phi) is 12.1. The molecule has 154 valence electrons. The highest BCUT2D eigenvalue weighted by atomic mass is 127. The molecular weight excluding hydrogens is 441 g/mol. The molecule has 0 aromatic rings.